The van der Waals surface area contributed by atoms with Gasteiger partial charge in [0.1, 0.15) is 10.8 Å². The van der Waals surface area contributed by atoms with Crippen molar-refractivity contribution in [2.45, 2.75) is 0 Å². The maximum Gasteiger partial charge on any atom is 0.351 e. The lowest BCUT2D eigenvalue weighted by Crippen LogP contribution is -2.14. The Labute approximate surface area is 127 Å². The third kappa shape index (κ3) is 2.12. The second kappa shape index (κ2) is 4.99. The van der Waals surface area contributed by atoms with E-state index < -0.39 is 5.97 Å². The van der Waals surface area contributed by atoms with Gasteiger partial charge in [-0.05, 0) is 18.2 Å². The zero-order chi connectivity index (χ0) is 14.3. The van der Waals surface area contributed by atoms with Crippen molar-refractivity contribution in [1.29, 1.82) is 0 Å². The molecule has 0 saturated carbocycles. The van der Waals surface area contributed by atoms with E-state index >= 15 is 0 Å². The number of aromatic hydroxyl groups is 1. The molecule has 7 heteroatoms. The molecular weight excluding hydrogens is 344 g/mol. The first kappa shape index (κ1) is 13.3. The Hall–Kier alpha value is -1.73. The molecule has 2 heterocycles. The average Bonchev–Trinajstić information content (AvgIpc) is 3.00. The molecule has 0 atom stereocenters. The van der Waals surface area contributed by atoms with Crippen LogP contribution in [0.2, 0.25) is 0 Å². The van der Waals surface area contributed by atoms with Gasteiger partial charge in [-0.1, -0.05) is 15.9 Å². The first-order valence-electron chi connectivity index (χ1n) is 5.82. The number of fused-ring (bicyclic) bond motifs is 1. The monoisotopic (exact) mass is 354 g/mol. The lowest BCUT2D eigenvalue weighted by Gasteiger charge is -2.15. The first-order chi connectivity index (χ1) is 9.60. The summed E-state index contributed by atoms with van der Waals surface area (Å²) in [4.78, 5) is 13.8. The van der Waals surface area contributed by atoms with Gasteiger partial charge in [-0.25, -0.2) is 4.79 Å². The summed E-state index contributed by atoms with van der Waals surface area (Å²) in [6.45, 7) is 0.590. The van der Waals surface area contributed by atoms with Gasteiger partial charge < -0.3 is 20.1 Å². The molecule has 3 rings (SSSR count). The minimum Gasteiger partial charge on any atom is -0.506 e. The molecule has 20 heavy (non-hydrogen) atoms. The fourth-order valence-corrected chi connectivity index (χ4v) is 3.42. The van der Waals surface area contributed by atoms with E-state index in [-0.39, 0.29) is 10.6 Å². The second-order valence-corrected chi connectivity index (χ2v) is 6.16. The highest BCUT2D eigenvalue weighted by Gasteiger charge is 2.25. The lowest BCUT2D eigenvalue weighted by atomic mass is 10.2. The molecule has 0 radical (unpaired) electrons. The van der Waals surface area contributed by atoms with Crippen molar-refractivity contribution in [2.24, 2.45) is 0 Å². The van der Waals surface area contributed by atoms with Crippen LogP contribution in [0.15, 0.2) is 28.7 Å². The number of nitrogens with zero attached hydrogens (tertiary/aromatic N) is 1. The number of hydrogen-bond donors (Lipinski definition) is 2. The summed E-state index contributed by atoms with van der Waals surface area (Å²) in [7, 11) is 1.30. The van der Waals surface area contributed by atoms with Crippen LogP contribution in [0.5, 0.6) is 5.75 Å². The average molecular weight is 355 g/mol. The Balaban J connectivity index is 1.98. The van der Waals surface area contributed by atoms with Gasteiger partial charge in [0.05, 0.1) is 25.2 Å². The molecule has 0 bridgehead atoms. The molecule has 0 aliphatic carbocycles. The van der Waals surface area contributed by atoms with Crippen molar-refractivity contribution in [3.63, 3.8) is 0 Å². The van der Waals surface area contributed by atoms with Crippen LogP contribution in [-0.4, -0.2) is 24.9 Å². The van der Waals surface area contributed by atoms with Crippen molar-refractivity contribution in [2.75, 3.05) is 24.0 Å². The number of nitrogens with one attached hydrogen (secondary N) is 1. The second-order valence-electron chi connectivity index (χ2n) is 4.21. The Bertz CT molecular complexity index is 686. The van der Waals surface area contributed by atoms with Gasteiger partial charge in [0.2, 0.25) is 0 Å². The van der Waals surface area contributed by atoms with Crippen LogP contribution in [0.25, 0.3) is 0 Å². The number of hydrogen-bond acceptors (Lipinski definition) is 6. The fourth-order valence-electron chi connectivity index (χ4n) is 2.07. The molecule has 0 amide bonds. The zero-order valence-corrected chi connectivity index (χ0v) is 12.9. The Morgan fingerprint density at radius 2 is 2.30 bits per heavy atom. The standard InChI is InChI=1S/C13H11BrN2O3S/c1-19-13(18)12-10(17)5-11(20-12)16-6-15-8-4-7(14)2-3-9(8)16/h2-5,15,17H,6H2,1H3. The number of halogens is 1. The summed E-state index contributed by atoms with van der Waals surface area (Å²) in [5, 5.41) is 13.9. The van der Waals surface area contributed by atoms with Crippen LogP contribution in [-0.2, 0) is 4.74 Å². The molecule has 1 aromatic carbocycles. The molecule has 0 saturated heterocycles. The third-order valence-corrected chi connectivity index (χ3v) is 4.63. The third-order valence-electron chi connectivity index (χ3n) is 3.01. The van der Waals surface area contributed by atoms with Crippen LogP contribution in [0, 0.1) is 0 Å². The van der Waals surface area contributed by atoms with Gasteiger partial charge in [0, 0.05) is 10.5 Å². The summed E-state index contributed by atoms with van der Waals surface area (Å²) in [6, 6.07) is 7.50. The van der Waals surface area contributed by atoms with E-state index in [9.17, 15) is 9.90 Å². The zero-order valence-electron chi connectivity index (χ0n) is 10.5. The minimum atomic E-state index is -0.526. The predicted octanol–water partition coefficient (Wildman–Crippen LogP) is 3.52. The van der Waals surface area contributed by atoms with E-state index in [1.807, 2.05) is 23.1 Å². The predicted molar refractivity (Wildman–Crippen MR) is 82.1 cm³/mol. The van der Waals surface area contributed by atoms with Crippen molar-refractivity contribution in [3.8, 4) is 5.75 Å². The van der Waals surface area contributed by atoms with Gasteiger partial charge in [-0.3, -0.25) is 0 Å². The smallest absolute Gasteiger partial charge is 0.351 e. The normalized spacial score (nSPS) is 13.0. The topological polar surface area (TPSA) is 61.8 Å². The molecule has 1 aliphatic rings. The minimum absolute atomic E-state index is 0.0533. The number of ether oxygens (including phenoxy) is 1. The summed E-state index contributed by atoms with van der Waals surface area (Å²) < 4.78 is 5.64. The quantitative estimate of drug-likeness (QED) is 0.807. The number of thiophene rings is 1. The maximum absolute atomic E-state index is 11.5. The Morgan fingerprint density at radius 3 is 3.05 bits per heavy atom. The van der Waals surface area contributed by atoms with Crippen LogP contribution < -0.4 is 10.2 Å². The van der Waals surface area contributed by atoms with E-state index in [0.29, 0.717) is 6.67 Å². The van der Waals surface area contributed by atoms with E-state index in [1.165, 1.54) is 18.4 Å². The number of rotatable bonds is 2. The van der Waals surface area contributed by atoms with Crippen molar-refractivity contribution in [3.05, 3.63) is 33.6 Å². The molecule has 2 N–H and O–H groups in total. The number of carbonyl (C=O) groups excluding carboxylic acids is 1. The van der Waals surface area contributed by atoms with Crippen LogP contribution >= 0.6 is 27.3 Å². The van der Waals surface area contributed by atoms with Gasteiger partial charge >= 0.3 is 5.97 Å². The van der Waals surface area contributed by atoms with E-state index in [2.05, 4.69) is 26.0 Å². The number of methoxy groups -OCH3 is 1. The van der Waals surface area contributed by atoms with Crippen LogP contribution in [0.1, 0.15) is 9.67 Å². The summed E-state index contributed by atoms with van der Waals surface area (Å²) in [5.41, 5.74) is 2.01. The summed E-state index contributed by atoms with van der Waals surface area (Å²) >= 11 is 4.63. The van der Waals surface area contributed by atoms with Crippen molar-refractivity contribution in [1.82, 2.24) is 0 Å². The number of benzene rings is 1. The summed E-state index contributed by atoms with van der Waals surface area (Å²) in [5.74, 6) is -0.579. The maximum atomic E-state index is 11.5. The molecule has 1 aliphatic heterocycles. The molecule has 0 fully saturated rings. The largest absolute Gasteiger partial charge is 0.506 e. The van der Waals surface area contributed by atoms with E-state index in [1.54, 1.807) is 6.07 Å². The molecule has 104 valence electrons. The number of esters is 1. The van der Waals surface area contributed by atoms with E-state index in [0.717, 1.165) is 20.8 Å². The molecule has 1 aromatic heterocycles. The van der Waals surface area contributed by atoms with Gasteiger partial charge in [0.15, 0.2) is 4.88 Å². The number of anilines is 3. The Morgan fingerprint density at radius 1 is 1.50 bits per heavy atom. The highest BCUT2D eigenvalue weighted by atomic mass is 79.9. The molecule has 0 spiro atoms. The molecule has 5 nitrogen and oxygen atoms in total. The van der Waals surface area contributed by atoms with Crippen molar-refractivity contribution >= 4 is 49.6 Å². The molecular formula is C13H11BrN2O3S. The Kier molecular flexibility index (Phi) is 3.31. The highest BCUT2D eigenvalue weighted by molar-refractivity contribution is 9.10. The SMILES string of the molecule is COC(=O)c1sc(N2CNc3cc(Br)ccc32)cc1O. The fraction of sp³-hybridized carbons (Fsp3) is 0.154. The van der Waals surface area contributed by atoms with Gasteiger partial charge in [0.25, 0.3) is 0 Å². The molecule has 0 unspecified atom stereocenters. The first-order valence-corrected chi connectivity index (χ1v) is 7.43. The van der Waals surface area contributed by atoms with Crippen LogP contribution in [0.3, 0.4) is 0 Å². The van der Waals surface area contributed by atoms with Crippen LogP contribution in [0.4, 0.5) is 16.4 Å². The number of carbonyl (C=O) groups is 1. The molecule has 2 aromatic rings. The summed E-state index contributed by atoms with van der Waals surface area (Å²) in [6.07, 6.45) is 0. The van der Waals surface area contributed by atoms with Crippen molar-refractivity contribution < 1.29 is 14.6 Å². The highest BCUT2D eigenvalue weighted by Crippen LogP contribution is 2.43. The van der Waals surface area contributed by atoms with Gasteiger partial charge in [-0.2, -0.15) is 0 Å². The van der Waals surface area contributed by atoms with E-state index in [4.69, 9.17) is 0 Å². The lowest BCUT2D eigenvalue weighted by molar-refractivity contribution is 0.0603. The van der Waals surface area contributed by atoms with Gasteiger partial charge in [-0.15, -0.1) is 11.3 Å².